The van der Waals surface area contributed by atoms with Crippen molar-refractivity contribution < 1.29 is 17.9 Å². The fraction of sp³-hybridized carbons (Fsp3) is 0.538. The van der Waals surface area contributed by atoms with Crippen LogP contribution >= 0.6 is 11.8 Å². The van der Waals surface area contributed by atoms with Crippen molar-refractivity contribution in [1.82, 2.24) is 4.31 Å². The van der Waals surface area contributed by atoms with Crippen LogP contribution in [0.1, 0.15) is 19.4 Å². The van der Waals surface area contributed by atoms with Gasteiger partial charge < -0.3 is 5.11 Å². The van der Waals surface area contributed by atoms with Crippen molar-refractivity contribution in [2.75, 3.05) is 18.8 Å². The summed E-state index contributed by atoms with van der Waals surface area (Å²) in [7, 11) is -3.64. The van der Waals surface area contributed by atoms with Crippen molar-refractivity contribution in [2.45, 2.75) is 30.1 Å². The van der Waals surface area contributed by atoms with Gasteiger partial charge in [0.2, 0.25) is 10.0 Å². The first-order valence-electron chi connectivity index (χ1n) is 6.30. The normalized spacial score (nSPS) is 20.0. The van der Waals surface area contributed by atoms with Crippen molar-refractivity contribution in [3.63, 3.8) is 0 Å². The molecule has 1 aromatic rings. The summed E-state index contributed by atoms with van der Waals surface area (Å²) in [5.41, 5.74) is -0.00304. The second-order valence-corrected chi connectivity index (χ2v) is 9.10. The minimum absolute atomic E-state index is 0.00304. The molecule has 1 N–H and O–H groups in total. The van der Waals surface area contributed by atoms with E-state index in [0.29, 0.717) is 13.1 Å². The van der Waals surface area contributed by atoms with E-state index in [1.807, 2.05) is 13.8 Å². The SMILES string of the molecule is CC1(C)CN(S(=O)(=O)c2ccc(F)c(CO)c2)CCS1. The van der Waals surface area contributed by atoms with Crippen LogP contribution in [0.25, 0.3) is 0 Å². The predicted molar refractivity (Wildman–Crippen MR) is 77.6 cm³/mol. The van der Waals surface area contributed by atoms with Crippen LogP contribution in [0.15, 0.2) is 23.1 Å². The molecule has 0 saturated carbocycles. The zero-order chi connectivity index (χ0) is 15.0. The summed E-state index contributed by atoms with van der Waals surface area (Å²) >= 11 is 1.74. The van der Waals surface area contributed by atoms with Gasteiger partial charge in [0, 0.05) is 29.2 Å². The third kappa shape index (κ3) is 3.16. The Kier molecular flexibility index (Phi) is 4.44. The van der Waals surface area contributed by atoms with E-state index in [-0.39, 0.29) is 15.2 Å². The Hall–Kier alpha value is -0.630. The molecule has 2 rings (SSSR count). The highest BCUT2D eigenvalue weighted by atomic mass is 32.2. The molecule has 1 aliphatic heterocycles. The highest BCUT2D eigenvalue weighted by molar-refractivity contribution is 8.00. The second kappa shape index (κ2) is 5.63. The first-order valence-corrected chi connectivity index (χ1v) is 8.72. The number of aliphatic hydroxyl groups is 1. The van der Waals surface area contributed by atoms with Crippen LogP contribution in [0.4, 0.5) is 4.39 Å². The van der Waals surface area contributed by atoms with Gasteiger partial charge in [0.05, 0.1) is 11.5 Å². The van der Waals surface area contributed by atoms with E-state index >= 15 is 0 Å². The Balaban J connectivity index is 2.35. The van der Waals surface area contributed by atoms with Crippen LogP contribution in [-0.2, 0) is 16.6 Å². The highest BCUT2D eigenvalue weighted by Crippen LogP contribution is 2.32. The molecule has 1 saturated heterocycles. The average molecular weight is 319 g/mol. The van der Waals surface area contributed by atoms with Gasteiger partial charge in [-0.25, -0.2) is 12.8 Å². The maximum absolute atomic E-state index is 13.4. The molecule has 1 aromatic carbocycles. The summed E-state index contributed by atoms with van der Waals surface area (Å²) in [6.45, 7) is 4.36. The second-order valence-electron chi connectivity index (χ2n) is 5.36. The Morgan fingerprint density at radius 2 is 2.15 bits per heavy atom. The molecule has 1 fully saturated rings. The summed E-state index contributed by atoms with van der Waals surface area (Å²) in [5.74, 6) is 0.140. The number of hydrogen-bond acceptors (Lipinski definition) is 4. The van der Waals surface area contributed by atoms with E-state index in [4.69, 9.17) is 5.11 Å². The van der Waals surface area contributed by atoms with Gasteiger partial charge in [-0.2, -0.15) is 16.1 Å². The van der Waals surface area contributed by atoms with Crippen LogP contribution in [0.5, 0.6) is 0 Å². The summed E-state index contributed by atoms with van der Waals surface area (Å²) in [5, 5.41) is 9.05. The van der Waals surface area contributed by atoms with E-state index in [1.54, 1.807) is 11.8 Å². The summed E-state index contributed by atoms with van der Waals surface area (Å²) in [6, 6.07) is 3.54. The lowest BCUT2D eigenvalue weighted by molar-refractivity contribution is 0.275. The third-order valence-electron chi connectivity index (χ3n) is 3.22. The molecule has 1 heterocycles. The van der Waals surface area contributed by atoms with Crippen molar-refractivity contribution >= 4 is 21.8 Å². The molecule has 0 radical (unpaired) electrons. The van der Waals surface area contributed by atoms with Crippen LogP contribution in [0.3, 0.4) is 0 Å². The van der Waals surface area contributed by atoms with Gasteiger partial charge in [0.1, 0.15) is 5.82 Å². The molecule has 0 bridgehead atoms. The molecular formula is C13H18FNO3S2. The number of hydrogen-bond donors (Lipinski definition) is 1. The van der Waals surface area contributed by atoms with Gasteiger partial charge in [0.15, 0.2) is 0 Å². The molecule has 0 atom stereocenters. The molecule has 20 heavy (non-hydrogen) atoms. The molecule has 4 nitrogen and oxygen atoms in total. The van der Waals surface area contributed by atoms with Crippen molar-refractivity contribution in [3.8, 4) is 0 Å². The lowest BCUT2D eigenvalue weighted by atomic mass is 10.2. The van der Waals surface area contributed by atoms with Crippen LogP contribution in [-0.4, -0.2) is 41.4 Å². The first kappa shape index (κ1) is 15.8. The lowest BCUT2D eigenvalue weighted by Crippen LogP contribution is -2.46. The number of aliphatic hydroxyl groups excluding tert-OH is 1. The van der Waals surface area contributed by atoms with Crippen LogP contribution in [0.2, 0.25) is 0 Å². The third-order valence-corrected chi connectivity index (χ3v) is 6.35. The van der Waals surface area contributed by atoms with Gasteiger partial charge >= 0.3 is 0 Å². The molecule has 0 spiro atoms. The molecule has 1 aliphatic rings. The van der Waals surface area contributed by atoms with Gasteiger partial charge in [-0.3, -0.25) is 0 Å². The van der Waals surface area contributed by atoms with E-state index in [0.717, 1.165) is 11.8 Å². The Morgan fingerprint density at radius 1 is 1.45 bits per heavy atom. The quantitative estimate of drug-likeness (QED) is 0.923. The van der Waals surface area contributed by atoms with E-state index in [2.05, 4.69) is 0 Å². The number of benzene rings is 1. The van der Waals surface area contributed by atoms with E-state index < -0.39 is 22.4 Å². The van der Waals surface area contributed by atoms with Crippen molar-refractivity contribution in [2.24, 2.45) is 0 Å². The zero-order valence-electron chi connectivity index (χ0n) is 11.5. The van der Waals surface area contributed by atoms with Crippen molar-refractivity contribution in [3.05, 3.63) is 29.6 Å². The fourth-order valence-corrected chi connectivity index (χ4v) is 5.12. The van der Waals surface area contributed by atoms with Crippen LogP contribution in [0, 0.1) is 5.82 Å². The topological polar surface area (TPSA) is 57.6 Å². The maximum Gasteiger partial charge on any atom is 0.243 e. The number of nitrogens with zero attached hydrogens (tertiary/aromatic N) is 1. The minimum atomic E-state index is -3.64. The van der Waals surface area contributed by atoms with Crippen molar-refractivity contribution in [1.29, 1.82) is 0 Å². The molecule has 7 heteroatoms. The summed E-state index contributed by atoms with van der Waals surface area (Å²) < 4.78 is 39.8. The average Bonchev–Trinajstić information content (AvgIpc) is 2.37. The van der Waals surface area contributed by atoms with Gasteiger partial charge in [-0.1, -0.05) is 0 Å². The first-order chi connectivity index (χ1) is 9.26. The number of thioether (sulfide) groups is 1. The zero-order valence-corrected chi connectivity index (χ0v) is 13.1. The summed E-state index contributed by atoms with van der Waals surface area (Å²) in [4.78, 5) is 0.0330. The van der Waals surface area contributed by atoms with Gasteiger partial charge in [-0.15, -0.1) is 0 Å². The maximum atomic E-state index is 13.4. The highest BCUT2D eigenvalue weighted by Gasteiger charge is 2.34. The number of rotatable bonds is 3. The summed E-state index contributed by atoms with van der Waals surface area (Å²) in [6.07, 6.45) is 0. The largest absolute Gasteiger partial charge is 0.392 e. The molecule has 112 valence electrons. The van der Waals surface area contributed by atoms with Gasteiger partial charge in [-0.05, 0) is 32.0 Å². The molecule has 0 amide bonds. The number of sulfonamides is 1. The molecular weight excluding hydrogens is 301 g/mol. The standard InChI is InChI=1S/C13H18FNO3S2/c1-13(2)9-15(5-6-19-13)20(17,18)11-3-4-12(14)10(7-11)8-16/h3-4,7,16H,5-6,8-9H2,1-2H3. The molecule has 0 unspecified atom stereocenters. The Labute approximate surface area is 123 Å². The Bertz CT molecular complexity index is 602. The Morgan fingerprint density at radius 3 is 2.75 bits per heavy atom. The predicted octanol–water partition coefficient (Wildman–Crippen LogP) is 1.83. The minimum Gasteiger partial charge on any atom is -0.392 e. The van der Waals surface area contributed by atoms with E-state index in [1.165, 1.54) is 16.4 Å². The molecule has 0 aromatic heterocycles. The number of halogens is 1. The lowest BCUT2D eigenvalue weighted by Gasteiger charge is -2.36. The van der Waals surface area contributed by atoms with Crippen LogP contribution < -0.4 is 0 Å². The van der Waals surface area contributed by atoms with E-state index in [9.17, 15) is 12.8 Å². The fourth-order valence-electron chi connectivity index (χ4n) is 2.16. The molecule has 0 aliphatic carbocycles. The monoisotopic (exact) mass is 319 g/mol. The van der Waals surface area contributed by atoms with Gasteiger partial charge in [0.25, 0.3) is 0 Å². The smallest absolute Gasteiger partial charge is 0.243 e.